The Morgan fingerprint density at radius 1 is 1.39 bits per heavy atom. The molecule has 2 rings (SSSR count). The van der Waals surface area contributed by atoms with Crippen LogP contribution in [0.5, 0.6) is 11.5 Å². The van der Waals surface area contributed by atoms with Crippen LogP contribution in [0.25, 0.3) is 0 Å². The number of phenolic OH excluding ortho intramolecular Hbond substituents is 2. The number of nitrogens with zero attached hydrogens (tertiary/aromatic N) is 2. The first kappa shape index (κ1) is 12.0. The van der Waals surface area contributed by atoms with Crippen molar-refractivity contribution in [3.05, 3.63) is 42.0 Å². The number of amides is 1. The van der Waals surface area contributed by atoms with Crippen molar-refractivity contribution in [2.24, 2.45) is 7.05 Å². The molecule has 0 aliphatic rings. The number of aromatic nitrogens is 2. The van der Waals surface area contributed by atoms with Crippen LogP contribution in [0, 0.1) is 0 Å². The zero-order valence-corrected chi connectivity index (χ0v) is 9.79. The lowest BCUT2D eigenvalue weighted by Gasteiger charge is -2.06. The van der Waals surface area contributed by atoms with Gasteiger partial charge in [-0.2, -0.15) is 0 Å². The van der Waals surface area contributed by atoms with Gasteiger partial charge in [-0.05, 0) is 17.7 Å². The first-order valence-electron chi connectivity index (χ1n) is 5.34. The Balaban J connectivity index is 2.02. The van der Waals surface area contributed by atoms with E-state index in [1.807, 2.05) is 0 Å². The summed E-state index contributed by atoms with van der Waals surface area (Å²) in [6.45, 7) is 0.250. The third-order valence-corrected chi connectivity index (χ3v) is 2.52. The Kier molecular flexibility index (Phi) is 3.18. The van der Waals surface area contributed by atoms with E-state index in [1.54, 1.807) is 30.1 Å². The third kappa shape index (κ3) is 2.42. The number of carbonyl (C=O) groups excluding carboxylic acids is 1. The fourth-order valence-electron chi connectivity index (χ4n) is 1.52. The van der Waals surface area contributed by atoms with Crippen molar-refractivity contribution in [1.82, 2.24) is 14.9 Å². The lowest BCUT2D eigenvalue weighted by Crippen LogP contribution is -2.25. The van der Waals surface area contributed by atoms with Gasteiger partial charge in [-0.3, -0.25) is 4.79 Å². The molecule has 6 nitrogen and oxygen atoms in total. The summed E-state index contributed by atoms with van der Waals surface area (Å²) in [4.78, 5) is 15.7. The normalized spacial score (nSPS) is 10.3. The van der Waals surface area contributed by atoms with Crippen LogP contribution in [0.2, 0.25) is 0 Å². The second-order valence-corrected chi connectivity index (χ2v) is 3.87. The lowest BCUT2D eigenvalue weighted by atomic mass is 10.2. The molecule has 18 heavy (non-hydrogen) atoms. The highest BCUT2D eigenvalue weighted by Crippen LogP contribution is 2.24. The molecule has 0 fully saturated rings. The summed E-state index contributed by atoms with van der Waals surface area (Å²) in [6.07, 6.45) is 3.22. The Morgan fingerprint density at radius 3 is 2.78 bits per heavy atom. The van der Waals surface area contributed by atoms with Gasteiger partial charge in [-0.25, -0.2) is 4.98 Å². The summed E-state index contributed by atoms with van der Waals surface area (Å²) in [6, 6.07) is 4.39. The molecule has 0 atom stereocenters. The quantitative estimate of drug-likeness (QED) is 0.699. The Bertz CT molecular complexity index is 578. The molecule has 1 aromatic carbocycles. The number of imidazole rings is 1. The van der Waals surface area contributed by atoms with Crippen molar-refractivity contribution in [2.45, 2.75) is 6.54 Å². The van der Waals surface area contributed by atoms with Gasteiger partial charge < -0.3 is 20.1 Å². The number of benzene rings is 1. The molecular weight excluding hydrogens is 234 g/mol. The van der Waals surface area contributed by atoms with Crippen molar-refractivity contribution in [3.8, 4) is 11.5 Å². The topological polar surface area (TPSA) is 87.4 Å². The maximum atomic E-state index is 11.7. The molecule has 0 saturated carbocycles. The van der Waals surface area contributed by atoms with Crippen molar-refractivity contribution in [3.63, 3.8) is 0 Å². The standard InChI is InChI=1S/C12H13N3O3/c1-15-5-4-13-11(15)12(18)14-7-8-2-3-9(16)10(17)6-8/h2-6,16-17H,7H2,1H3,(H,14,18). The second-order valence-electron chi connectivity index (χ2n) is 3.87. The molecule has 3 N–H and O–H groups in total. The van der Waals surface area contributed by atoms with E-state index in [1.165, 1.54) is 12.1 Å². The van der Waals surface area contributed by atoms with Gasteiger partial charge in [0.05, 0.1) is 0 Å². The lowest BCUT2D eigenvalue weighted by molar-refractivity contribution is 0.0937. The minimum Gasteiger partial charge on any atom is -0.504 e. The van der Waals surface area contributed by atoms with Gasteiger partial charge in [0, 0.05) is 26.0 Å². The molecule has 6 heteroatoms. The van der Waals surface area contributed by atoms with Crippen LogP contribution in [-0.2, 0) is 13.6 Å². The highest BCUT2D eigenvalue weighted by molar-refractivity contribution is 5.90. The first-order chi connectivity index (χ1) is 8.58. The van der Waals surface area contributed by atoms with Crippen molar-refractivity contribution >= 4 is 5.91 Å². The predicted octanol–water partition coefficient (Wildman–Crippen LogP) is 0.761. The SMILES string of the molecule is Cn1ccnc1C(=O)NCc1ccc(O)c(O)c1. The number of nitrogens with one attached hydrogen (secondary N) is 1. The van der Waals surface area contributed by atoms with Crippen LogP contribution in [0.1, 0.15) is 16.2 Å². The summed E-state index contributed by atoms with van der Waals surface area (Å²) in [5, 5.41) is 21.1. The number of rotatable bonds is 3. The number of hydrogen-bond acceptors (Lipinski definition) is 4. The molecule has 0 spiro atoms. The van der Waals surface area contributed by atoms with E-state index >= 15 is 0 Å². The van der Waals surface area contributed by atoms with Gasteiger partial charge >= 0.3 is 0 Å². The van der Waals surface area contributed by atoms with E-state index in [2.05, 4.69) is 10.3 Å². The van der Waals surface area contributed by atoms with Crippen LogP contribution < -0.4 is 5.32 Å². The molecule has 0 bridgehead atoms. The largest absolute Gasteiger partial charge is 0.504 e. The number of phenols is 2. The number of hydrogen-bond donors (Lipinski definition) is 3. The zero-order valence-electron chi connectivity index (χ0n) is 9.79. The van der Waals surface area contributed by atoms with Gasteiger partial charge in [-0.1, -0.05) is 6.07 Å². The summed E-state index contributed by atoms with van der Waals surface area (Å²) in [7, 11) is 1.73. The van der Waals surface area contributed by atoms with Gasteiger partial charge in [0.15, 0.2) is 17.3 Å². The number of aryl methyl sites for hydroxylation is 1. The Hall–Kier alpha value is -2.50. The number of carbonyl (C=O) groups is 1. The molecule has 1 heterocycles. The molecule has 1 amide bonds. The second kappa shape index (κ2) is 4.79. The molecule has 0 aliphatic carbocycles. The van der Waals surface area contributed by atoms with Crippen LogP contribution in [0.3, 0.4) is 0 Å². The number of aromatic hydroxyl groups is 2. The third-order valence-electron chi connectivity index (χ3n) is 2.52. The van der Waals surface area contributed by atoms with Gasteiger partial charge in [-0.15, -0.1) is 0 Å². The maximum absolute atomic E-state index is 11.7. The van der Waals surface area contributed by atoms with Crippen molar-refractivity contribution in [2.75, 3.05) is 0 Å². The highest BCUT2D eigenvalue weighted by Gasteiger charge is 2.10. The predicted molar refractivity (Wildman–Crippen MR) is 64.1 cm³/mol. The Labute approximate surface area is 104 Å². The monoisotopic (exact) mass is 247 g/mol. The first-order valence-corrected chi connectivity index (χ1v) is 5.34. The van der Waals surface area contributed by atoms with E-state index in [0.717, 1.165) is 0 Å². The van der Waals surface area contributed by atoms with Gasteiger partial charge in [0.25, 0.3) is 5.91 Å². The molecule has 0 unspecified atom stereocenters. The van der Waals surface area contributed by atoms with Crippen LogP contribution in [0.15, 0.2) is 30.6 Å². The molecule has 0 saturated heterocycles. The minimum absolute atomic E-state index is 0.186. The average Bonchev–Trinajstić information content (AvgIpc) is 2.77. The van der Waals surface area contributed by atoms with Crippen molar-refractivity contribution < 1.29 is 15.0 Å². The summed E-state index contributed by atoms with van der Waals surface area (Å²) < 4.78 is 1.61. The fraction of sp³-hybridized carbons (Fsp3) is 0.167. The van der Waals surface area contributed by atoms with Gasteiger partial charge in [0.2, 0.25) is 0 Å². The van der Waals surface area contributed by atoms with E-state index in [-0.39, 0.29) is 24.0 Å². The molecule has 2 aromatic rings. The van der Waals surface area contributed by atoms with E-state index < -0.39 is 0 Å². The van der Waals surface area contributed by atoms with Crippen LogP contribution in [-0.4, -0.2) is 25.7 Å². The van der Waals surface area contributed by atoms with E-state index in [0.29, 0.717) is 11.4 Å². The van der Waals surface area contributed by atoms with Crippen molar-refractivity contribution in [1.29, 1.82) is 0 Å². The summed E-state index contributed by atoms with van der Waals surface area (Å²) in [5.41, 5.74) is 0.688. The molecule has 0 radical (unpaired) electrons. The van der Waals surface area contributed by atoms with Crippen LogP contribution >= 0.6 is 0 Å². The van der Waals surface area contributed by atoms with E-state index in [9.17, 15) is 9.90 Å². The van der Waals surface area contributed by atoms with Gasteiger partial charge in [0.1, 0.15) is 0 Å². The maximum Gasteiger partial charge on any atom is 0.287 e. The fourth-order valence-corrected chi connectivity index (χ4v) is 1.52. The Morgan fingerprint density at radius 2 is 2.17 bits per heavy atom. The summed E-state index contributed by atoms with van der Waals surface area (Å²) in [5.74, 6) is -0.374. The minimum atomic E-state index is -0.296. The van der Waals surface area contributed by atoms with Crippen LogP contribution in [0.4, 0.5) is 0 Å². The summed E-state index contributed by atoms with van der Waals surface area (Å²) >= 11 is 0. The van der Waals surface area contributed by atoms with E-state index in [4.69, 9.17) is 5.11 Å². The molecular formula is C12H13N3O3. The smallest absolute Gasteiger partial charge is 0.287 e. The zero-order chi connectivity index (χ0) is 13.1. The molecule has 94 valence electrons. The highest BCUT2D eigenvalue weighted by atomic mass is 16.3. The average molecular weight is 247 g/mol. The molecule has 0 aliphatic heterocycles. The molecule has 1 aromatic heterocycles.